The van der Waals surface area contributed by atoms with E-state index in [1.54, 1.807) is 7.11 Å². The fourth-order valence-electron chi connectivity index (χ4n) is 2.46. The lowest BCUT2D eigenvalue weighted by molar-refractivity contribution is 0.413. The zero-order valence-electron chi connectivity index (χ0n) is 12.9. The van der Waals surface area contributed by atoms with Crippen LogP contribution in [0.5, 0.6) is 5.75 Å². The van der Waals surface area contributed by atoms with Gasteiger partial charge in [-0.05, 0) is 18.2 Å². The maximum absolute atomic E-state index is 5.37. The number of hydrogen-bond acceptors (Lipinski definition) is 5. The van der Waals surface area contributed by atoms with Gasteiger partial charge in [0.1, 0.15) is 11.4 Å². The minimum Gasteiger partial charge on any atom is -0.496 e. The Morgan fingerprint density at radius 3 is 2.62 bits per heavy atom. The van der Waals surface area contributed by atoms with Crippen LogP contribution < -0.4 is 4.74 Å². The number of aromatic nitrogens is 4. The van der Waals surface area contributed by atoms with Crippen LogP contribution in [0.15, 0.2) is 65.2 Å². The smallest absolute Gasteiger partial charge is 0.276 e. The zero-order chi connectivity index (χ0) is 16.4. The zero-order valence-corrected chi connectivity index (χ0v) is 12.9. The van der Waals surface area contributed by atoms with Crippen molar-refractivity contribution in [3.05, 3.63) is 60.7 Å². The molecule has 6 heteroatoms. The van der Waals surface area contributed by atoms with E-state index in [9.17, 15) is 0 Å². The second-order valence-corrected chi connectivity index (χ2v) is 5.16. The summed E-state index contributed by atoms with van der Waals surface area (Å²) in [6, 6.07) is 19.3. The molecule has 2 heterocycles. The first-order valence-corrected chi connectivity index (χ1v) is 7.43. The van der Waals surface area contributed by atoms with E-state index < -0.39 is 0 Å². The standard InChI is InChI=1S/C18H14N4O2/c1-23-16-10-6-5-9-13(16)17-19-18(24-22-17)15-11-14(20-21-15)12-7-3-2-4-8-12/h2-11H,1H3,(H,20,21). The first-order valence-electron chi connectivity index (χ1n) is 7.43. The normalized spacial score (nSPS) is 10.7. The molecule has 0 fully saturated rings. The Kier molecular flexibility index (Phi) is 3.55. The second-order valence-electron chi connectivity index (χ2n) is 5.16. The van der Waals surface area contributed by atoms with Gasteiger partial charge in [0.15, 0.2) is 0 Å². The molecule has 118 valence electrons. The van der Waals surface area contributed by atoms with Gasteiger partial charge in [-0.1, -0.05) is 47.6 Å². The van der Waals surface area contributed by atoms with E-state index in [4.69, 9.17) is 9.26 Å². The molecule has 24 heavy (non-hydrogen) atoms. The molecule has 2 aromatic carbocycles. The number of rotatable bonds is 4. The van der Waals surface area contributed by atoms with Crippen molar-refractivity contribution >= 4 is 0 Å². The molecule has 6 nitrogen and oxygen atoms in total. The molecule has 0 saturated carbocycles. The first kappa shape index (κ1) is 14.2. The molecule has 0 atom stereocenters. The molecular formula is C18H14N4O2. The lowest BCUT2D eigenvalue weighted by atomic mass is 10.1. The number of methoxy groups -OCH3 is 1. The molecule has 0 bridgehead atoms. The van der Waals surface area contributed by atoms with Gasteiger partial charge in [-0.25, -0.2) is 0 Å². The third-order valence-corrected chi connectivity index (χ3v) is 3.65. The van der Waals surface area contributed by atoms with Crippen LogP contribution in [0.2, 0.25) is 0 Å². The number of para-hydroxylation sites is 1. The van der Waals surface area contributed by atoms with E-state index in [0.717, 1.165) is 16.8 Å². The van der Waals surface area contributed by atoms with E-state index in [-0.39, 0.29) is 0 Å². The van der Waals surface area contributed by atoms with Crippen molar-refractivity contribution in [3.63, 3.8) is 0 Å². The van der Waals surface area contributed by atoms with Crippen molar-refractivity contribution < 1.29 is 9.26 Å². The van der Waals surface area contributed by atoms with Gasteiger partial charge in [-0.2, -0.15) is 10.1 Å². The highest BCUT2D eigenvalue weighted by molar-refractivity contribution is 5.67. The Labute approximate surface area is 138 Å². The van der Waals surface area contributed by atoms with Crippen LogP contribution in [-0.2, 0) is 0 Å². The average molecular weight is 318 g/mol. The van der Waals surface area contributed by atoms with E-state index in [1.807, 2.05) is 60.7 Å². The van der Waals surface area contributed by atoms with Gasteiger partial charge < -0.3 is 9.26 Å². The van der Waals surface area contributed by atoms with Crippen molar-refractivity contribution in [1.29, 1.82) is 0 Å². The Morgan fingerprint density at radius 1 is 1.00 bits per heavy atom. The summed E-state index contributed by atoms with van der Waals surface area (Å²) < 4.78 is 10.7. The molecule has 0 aliphatic heterocycles. The van der Waals surface area contributed by atoms with Gasteiger partial charge in [0.25, 0.3) is 5.89 Å². The summed E-state index contributed by atoms with van der Waals surface area (Å²) in [5.41, 5.74) is 3.28. The fourth-order valence-corrected chi connectivity index (χ4v) is 2.46. The number of nitrogens with one attached hydrogen (secondary N) is 1. The van der Waals surface area contributed by atoms with E-state index in [2.05, 4.69) is 20.3 Å². The van der Waals surface area contributed by atoms with E-state index in [1.165, 1.54) is 0 Å². The largest absolute Gasteiger partial charge is 0.496 e. The highest BCUT2D eigenvalue weighted by atomic mass is 16.5. The molecule has 0 unspecified atom stereocenters. The number of hydrogen-bond donors (Lipinski definition) is 1. The summed E-state index contributed by atoms with van der Waals surface area (Å²) in [6.07, 6.45) is 0. The molecule has 0 radical (unpaired) electrons. The van der Waals surface area contributed by atoms with Crippen LogP contribution in [0.4, 0.5) is 0 Å². The summed E-state index contributed by atoms with van der Waals surface area (Å²) >= 11 is 0. The molecule has 0 aliphatic rings. The fraction of sp³-hybridized carbons (Fsp3) is 0.0556. The molecule has 1 N–H and O–H groups in total. The van der Waals surface area contributed by atoms with Crippen molar-refractivity contribution in [2.45, 2.75) is 0 Å². The lowest BCUT2D eigenvalue weighted by Gasteiger charge is -2.02. The summed E-state index contributed by atoms with van der Waals surface area (Å²) in [5, 5.41) is 11.3. The maximum Gasteiger partial charge on any atom is 0.276 e. The summed E-state index contributed by atoms with van der Waals surface area (Å²) in [4.78, 5) is 4.44. The highest BCUT2D eigenvalue weighted by Gasteiger charge is 2.16. The van der Waals surface area contributed by atoms with E-state index in [0.29, 0.717) is 23.2 Å². The number of H-pyrrole nitrogens is 1. The minimum atomic E-state index is 0.380. The van der Waals surface area contributed by atoms with Gasteiger partial charge in [0, 0.05) is 5.56 Å². The quantitative estimate of drug-likeness (QED) is 0.619. The molecule has 0 saturated heterocycles. The molecule has 4 rings (SSSR count). The van der Waals surface area contributed by atoms with Gasteiger partial charge >= 0.3 is 0 Å². The second kappa shape index (κ2) is 6.00. The molecule has 0 amide bonds. The first-order chi connectivity index (χ1) is 11.8. The molecule has 4 aromatic rings. The number of ether oxygens (including phenoxy) is 1. The van der Waals surface area contributed by atoms with Crippen molar-refractivity contribution in [3.8, 4) is 40.0 Å². The number of benzene rings is 2. The third-order valence-electron chi connectivity index (χ3n) is 3.65. The van der Waals surface area contributed by atoms with Crippen LogP contribution >= 0.6 is 0 Å². The lowest BCUT2D eigenvalue weighted by Crippen LogP contribution is -1.88. The predicted octanol–water partition coefficient (Wildman–Crippen LogP) is 3.80. The van der Waals surface area contributed by atoms with Crippen molar-refractivity contribution in [2.75, 3.05) is 7.11 Å². The molecular weight excluding hydrogens is 304 g/mol. The van der Waals surface area contributed by atoms with E-state index >= 15 is 0 Å². The topological polar surface area (TPSA) is 76.8 Å². The molecule has 2 aromatic heterocycles. The Morgan fingerprint density at radius 2 is 1.79 bits per heavy atom. The van der Waals surface area contributed by atoms with Crippen LogP contribution in [0.25, 0.3) is 34.2 Å². The maximum atomic E-state index is 5.37. The summed E-state index contributed by atoms with van der Waals surface area (Å²) in [6.45, 7) is 0. The van der Waals surface area contributed by atoms with Gasteiger partial charge in [0.05, 0.1) is 18.4 Å². The molecule has 0 spiro atoms. The highest BCUT2D eigenvalue weighted by Crippen LogP contribution is 2.29. The number of aromatic amines is 1. The third kappa shape index (κ3) is 2.54. The van der Waals surface area contributed by atoms with Crippen LogP contribution in [0.3, 0.4) is 0 Å². The van der Waals surface area contributed by atoms with Gasteiger partial charge in [-0.15, -0.1) is 0 Å². The predicted molar refractivity (Wildman–Crippen MR) is 89.3 cm³/mol. The monoisotopic (exact) mass is 318 g/mol. The van der Waals surface area contributed by atoms with Crippen molar-refractivity contribution in [1.82, 2.24) is 20.3 Å². The van der Waals surface area contributed by atoms with Crippen LogP contribution in [-0.4, -0.2) is 27.4 Å². The van der Waals surface area contributed by atoms with Crippen LogP contribution in [0, 0.1) is 0 Å². The SMILES string of the molecule is COc1ccccc1-c1noc(-c2cc(-c3ccccc3)n[nH]2)n1. The Bertz CT molecular complexity index is 960. The number of nitrogens with zero attached hydrogens (tertiary/aromatic N) is 3. The Hall–Kier alpha value is -3.41. The van der Waals surface area contributed by atoms with Gasteiger partial charge in [-0.3, -0.25) is 5.10 Å². The molecule has 0 aliphatic carbocycles. The summed E-state index contributed by atoms with van der Waals surface area (Å²) in [5.74, 6) is 1.54. The van der Waals surface area contributed by atoms with Gasteiger partial charge in [0.2, 0.25) is 5.82 Å². The minimum absolute atomic E-state index is 0.380. The van der Waals surface area contributed by atoms with Crippen molar-refractivity contribution in [2.24, 2.45) is 0 Å². The summed E-state index contributed by atoms with van der Waals surface area (Å²) in [7, 11) is 1.61. The average Bonchev–Trinajstić information content (AvgIpc) is 3.32. The Balaban J connectivity index is 1.67. The van der Waals surface area contributed by atoms with Crippen LogP contribution in [0.1, 0.15) is 0 Å².